The molecule has 5 heteroatoms. The summed E-state index contributed by atoms with van der Waals surface area (Å²) in [6.45, 7) is 0.957. The molecule has 0 unspecified atom stereocenters. The van der Waals surface area contributed by atoms with Crippen molar-refractivity contribution in [1.82, 2.24) is 9.55 Å². The number of aliphatic carboxylic acids is 1. The molecule has 0 saturated heterocycles. The van der Waals surface area contributed by atoms with Gasteiger partial charge in [0, 0.05) is 18.9 Å². The minimum absolute atomic E-state index is 0.0830. The third-order valence-corrected chi connectivity index (χ3v) is 4.48. The van der Waals surface area contributed by atoms with Crippen LogP contribution in [0.15, 0.2) is 17.6 Å². The molecule has 1 N–H and O–H groups in total. The molecule has 4 nitrogen and oxygen atoms in total. The van der Waals surface area contributed by atoms with Crippen LogP contribution in [0.5, 0.6) is 0 Å². The van der Waals surface area contributed by atoms with E-state index in [9.17, 15) is 4.79 Å². The van der Waals surface area contributed by atoms with Gasteiger partial charge < -0.3 is 9.67 Å². The van der Waals surface area contributed by atoms with Gasteiger partial charge in [0.25, 0.3) is 0 Å². The third kappa shape index (κ3) is 4.05. The van der Waals surface area contributed by atoms with Crippen LogP contribution in [0.1, 0.15) is 38.5 Å². The van der Waals surface area contributed by atoms with Gasteiger partial charge in [-0.3, -0.25) is 4.79 Å². The summed E-state index contributed by atoms with van der Waals surface area (Å²) in [5.74, 6) is 0.212. The highest BCUT2D eigenvalue weighted by atomic mass is 32.2. The molecular formula is C13H20N2O2S. The van der Waals surface area contributed by atoms with Crippen molar-refractivity contribution in [2.75, 3.05) is 5.75 Å². The first-order valence-electron chi connectivity index (χ1n) is 6.61. The number of aromatic nitrogens is 2. The van der Waals surface area contributed by atoms with Gasteiger partial charge in [0.1, 0.15) is 0 Å². The zero-order valence-electron chi connectivity index (χ0n) is 10.5. The Morgan fingerprint density at radius 3 is 3.00 bits per heavy atom. The minimum atomic E-state index is -0.791. The van der Waals surface area contributed by atoms with Gasteiger partial charge in [-0.2, -0.15) is 0 Å². The first-order chi connectivity index (χ1) is 8.75. The topological polar surface area (TPSA) is 55.1 Å². The van der Waals surface area contributed by atoms with Crippen molar-refractivity contribution in [3.05, 3.63) is 12.4 Å². The average Bonchev–Trinajstić information content (AvgIpc) is 2.97. The van der Waals surface area contributed by atoms with Crippen molar-refractivity contribution in [2.45, 2.75) is 50.2 Å². The second-order valence-electron chi connectivity index (χ2n) is 4.88. The normalized spacial score (nSPS) is 16.2. The first kappa shape index (κ1) is 13.5. The van der Waals surface area contributed by atoms with Crippen molar-refractivity contribution in [2.24, 2.45) is 5.92 Å². The highest BCUT2D eigenvalue weighted by Gasteiger charge is 2.14. The Bertz CT molecular complexity index is 386. The van der Waals surface area contributed by atoms with Crippen LogP contribution in [0.4, 0.5) is 0 Å². The molecule has 100 valence electrons. The summed E-state index contributed by atoms with van der Waals surface area (Å²) in [4.78, 5) is 14.7. The molecule has 1 aliphatic carbocycles. The Morgan fingerprint density at radius 1 is 1.50 bits per heavy atom. The summed E-state index contributed by atoms with van der Waals surface area (Å²) in [6, 6.07) is 0. The Morgan fingerprint density at radius 2 is 2.28 bits per heavy atom. The summed E-state index contributed by atoms with van der Waals surface area (Å²) in [6.07, 6.45) is 11.7. The minimum Gasteiger partial charge on any atom is -0.481 e. The molecule has 0 amide bonds. The third-order valence-electron chi connectivity index (χ3n) is 3.49. The van der Waals surface area contributed by atoms with Gasteiger partial charge in [-0.1, -0.05) is 37.4 Å². The molecular weight excluding hydrogens is 248 g/mol. The van der Waals surface area contributed by atoms with Crippen LogP contribution < -0.4 is 0 Å². The van der Waals surface area contributed by atoms with E-state index >= 15 is 0 Å². The number of hydrogen-bond acceptors (Lipinski definition) is 3. The van der Waals surface area contributed by atoms with Gasteiger partial charge in [0.15, 0.2) is 5.16 Å². The molecule has 1 aliphatic rings. The second-order valence-corrected chi connectivity index (χ2v) is 5.82. The van der Waals surface area contributed by atoms with E-state index < -0.39 is 5.97 Å². The predicted molar refractivity (Wildman–Crippen MR) is 71.8 cm³/mol. The monoisotopic (exact) mass is 268 g/mol. The van der Waals surface area contributed by atoms with Crippen LogP contribution >= 0.6 is 11.8 Å². The van der Waals surface area contributed by atoms with E-state index in [1.807, 2.05) is 6.20 Å². The summed E-state index contributed by atoms with van der Waals surface area (Å²) in [7, 11) is 0. The fourth-order valence-electron chi connectivity index (χ4n) is 2.58. The van der Waals surface area contributed by atoms with Crippen molar-refractivity contribution in [3.8, 4) is 0 Å². The highest BCUT2D eigenvalue weighted by Crippen LogP contribution is 2.28. The van der Waals surface area contributed by atoms with Crippen LogP contribution in [0.25, 0.3) is 0 Å². The Labute approximate surface area is 112 Å². The van der Waals surface area contributed by atoms with Gasteiger partial charge in [-0.25, -0.2) is 4.98 Å². The van der Waals surface area contributed by atoms with Crippen LogP contribution in [0.3, 0.4) is 0 Å². The molecule has 0 aromatic carbocycles. The lowest BCUT2D eigenvalue weighted by Crippen LogP contribution is -2.04. The molecule has 2 rings (SSSR count). The predicted octanol–water partition coefficient (Wildman–Crippen LogP) is 3.03. The van der Waals surface area contributed by atoms with E-state index in [0.717, 1.165) is 17.6 Å². The summed E-state index contributed by atoms with van der Waals surface area (Å²) < 4.78 is 2.07. The molecule has 1 aromatic rings. The number of carbonyl (C=O) groups is 1. The number of carboxylic acids is 1. The molecule has 0 atom stereocenters. The van der Waals surface area contributed by atoms with E-state index in [4.69, 9.17) is 5.11 Å². The van der Waals surface area contributed by atoms with E-state index in [1.54, 1.807) is 6.20 Å². The van der Waals surface area contributed by atoms with Crippen molar-refractivity contribution in [3.63, 3.8) is 0 Å². The van der Waals surface area contributed by atoms with Crippen molar-refractivity contribution < 1.29 is 9.90 Å². The smallest absolute Gasteiger partial charge is 0.313 e. The molecule has 0 bridgehead atoms. The van der Waals surface area contributed by atoms with E-state index in [-0.39, 0.29) is 5.75 Å². The lowest BCUT2D eigenvalue weighted by molar-refractivity contribution is -0.133. The highest BCUT2D eigenvalue weighted by molar-refractivity contribution is 7.99. The van der Waals surface area contributed by atoms with E-state index in [0.29, 0.717) is 0 Å². The molecule has 0 aliphatic heterocycles. The Hall–Kier alpha value is -0.970. The van der Waals surface area contributed by atoms with Gasteiger partial charge >= 0.3 is 5.97 Å². The van der Waals surface area contributed by atoms with Crippen molar-refractivity contribution in [1.29, 1.82) is 0 Å². The first-order valence-corrected chi connectivity index (χ1v) is 7.60. The maximum absolute atomic E-state index is 10.5. The lowest BCUT2D eigenvalue weighted by atomic mass is 10.0. The zero-order valence-corrected chi connectivity index (χ0v) is 11.4. The maximum Gasteiger partial charge on any atom is 0.313 e. The van der Waals surface area contributed by atoms with Crippen LogP contribution in [-0.4, -0.2) is 26.4 Å². The molecule has 1 fully saturated rings. The number of imidazole rings is 1. The standard InChI is InChI=1S/C13H20N2O2S/c16-12(17)10-18-13-14-7-9-15(13)8-3-6-11-4-1-2-5-11/h7,9,11H,1-6,8,10H2,(H,16,17). The number of hydrogen-bond donors (Lipinski definition) is 1. The number of nitrogens with zero attached hydrogens (tertiary/aromatic N) is 2. The number of rotatable bonds is 7. The summed E-state index contributed by atoms with van der Waals surface area (Å²) in [5, 5.41) is 9.49. The van der Waals surface area contributed by atoms with Crippen LogP contribution in [0.2, 0.25) is 0 Å². The number of carboxylic acid groups (broad SMARTS) is 1. The average molecular weight is 268 g/mol. The maximum atomic E-state index is 10.5. The molecule has 1 saturated carbocycles. The molecule has 1 heterocycles. The number of thioether (sulfide) groups is 1. The lowest BCUT2D eigenvalue weighted by Gasteiger charge is -2.10. The van der Waals surface area contributed by atoms with Gasteiger partial charge in [-0.05, 0) is 18.8 Å². The molecule has 0 spiro atoms. The largest absolute Gasteiger partial charge is 0.481 e. The zero-order chi connectivity index (χ0) is 12.8. The van der Waals surface area contributed by atoms with E-state index in [2.05, 4.69) is 9.55 Å². The molecule has 1 aromatic heterocycles. The number of aryl methyl sites for hydroxylation is 1. The molecule has 0 radical (unpaired) electrons. The summed E-state index contributed by atoms with van der Waals surface area (Å²) in [5.41, 5.74) is 0. The van der Waals surface area contributed by atoms with Crippen LogP contribution in [0, 0.1) is 5.92 Å². The van der Waals surface area contributed by atoms with Crippen molar-refractivity contribution >= 4 is 17.7 Å². The van der Waals surface area contributed by atoms with Gasteiger partial charge in [-0.15, -0.1) is 0 Å². The molecule has 18 heavy (non-hydrogen) atoms. The SMILES string of the molecule is O=C(O)CSc1nccn1CCCC1CCCC1. The summed E-state index contributed by atoms with van der Waals surface area (Å²) >= 11 is 1.30. The Kier molecular flexibility index (Phi) is 5.11. The van der Waals surface area contributed by atoms with Crippen LogP contribution in [-0.2, 0) is 11.3 Å². The fourth-order valence-corrected chi connectivity index (χ4v) is 3.29. The van der Waals surface area contributed by atoms with Gasteiger partial charge in [0.05, 0.1) is 5.75 Å². The quantitative estimate of drug-likeness (QED) is 0.772. The van der Waals surface area contributed by atoms with E-state index in [1.165, 1.54) is 50.3 Å². The Balaban J connectivity index is 1.74. The second kappa shape index (κ2) is 6.83. The van der Waals surface area contributed by atoms with Gasteiger partial charge in [0.2, 0.25) is 0 Å². The fraction of sp³-hybridized carbons (Fsp3) is 0.692.